The summed E-state index contributed by atoms with van der Waals surface area (Å²) in [5.74, 6) is -0.621. The first-order valence-corrected chi connectivity index (χ1v) is 14.1. The van der Waals surface area contributed by atoms with Crippen LogP contribution in [0.5, 0.6) is 0 Å². The van der Waals surface area contributed by atoms with E-state index < -0.39 is 12.0 Å². The van der Waals surface area contributed by atoms with Crippen molar-refractivity contribution in [3.8, 4) is 22.4 Å². The molecule has 5 aromatic heterocycles. The van der Waals surface area contributed by atoms with E-state index >= 15 is 4.39 Å². The minimum atomic E-state index is -0.621. The second kappa shape index (κ2) is 9.26. The Bertz CT molecular complexity index is 2150. The Hall–Kier alpha value is -4.98. The Balaban J connectivity index is 1.47. The first-order chi connectivity index (χ1) is 20.8. The minimum absolute atomic E-state index is 0.215. The van der Waals surface area contributed by atoms with Gasteiger partial charge in [0.05, 0.1) is 71.8 Å². The second-order valence-electron chi connectivity index (χ2n) is 11.3. The summed E-state index contributed by atoms with van der Waals surface area (Å²) in [6, 6.07) is 5.22. The van der Waals surface area contributed by atoms with Crippen molar-refractivity contribution < 1.29 is 18.7 Å². The first kappa shape index (κ1) is 25.7. The number of imidazole rings is 1. The van der Waals surface area contributed by atoms with Crippen molar-refractivity contribution in [2.24, 2.45) is 14.1 Å². The molecule has 0 radical (unpaired) electrons. The minimum Gasteiger partial charge on any atom is -0.453 e. The van der Waals surface area contributed by atoms with Crippen LogP contribution in [0, 0.1) is 5.95 Å². The van der Waals surface area contributed by atoms with Crippen molar-refractivity contribution in [1.82, 2.24) is 44.0 Å². The van der Waals surface area contributed by atoms with Crippen molar-refractivity contribution in [2.75, 3.05) is 13.7 Å². The predicted molar refractivity (Wildman–Crippen MR) is 155 cm³/mol. The summed E-state index contributed by atoms with van der Waals surface area (Å²) in [7, 11) is 4.70. The number of ether oxygens (including phenoxy) is 2. The molecule has 43 heavy (non-hydrogen) atoms. The number of pyridine rings is 1. The van der Waals surface area contributed by atoms with E-state index in [1.807, 2.05) is 29.1 Å². The second-order valence-corrected chi connectivity index (χ2v) is 11.3. The number of hydrogen-bond donors (Lipinski definition) is 2. The molecule has 1 saturated carbocycles. The summed E-state index contributed by atoms with van der Waals surface area (Å²) < 4.78 is 33.1. The number of aromatic amines is 1. The lowest BCUT2D eigenvalue weighted by Crippen LogP contribution is -2.41. The van der Waals surface area contributed by atoms with Gasteiger partial charge < -0.3 is 19.8 Å². The SMILES string of the molecule is COC(=O)N[C@H]1C[C@H]2C[C@H]1OCCn1cc3cc(ccc3n1)-c1c(-c3cn(C)nc3F)[nH]c3ncc4c(c13)n2c(=O)n4C. The van der Waals surface area contributed by atoms with Gasteiger partial charge in [0.25, 0.3) is 0 Å². The number of nitrogens with one attached hydrogen (secondary N) is 2. The Morgan fingerprint density at radius 2 is 2.07 bits per heavy atom. The van der Waals surface area contributed by atoms with Gasteiger partial charge in [-0.25, -0.2) is 14.6 Å². The highest BCUT2D eigenvalue weighted by atomic mass is 19.1. The standard InChI is InChI=1S/C29H28FN9O4/c1-36-13-17(26(30)35-36)24-22-14-4-5-18-15(8-14)12-38(34-18)6-7-43-21-10-16(9-19(21)32-28(40)42-3)39-25-20(37(2)29(39)41)11-31-27(33-24)23(22)25/h4-5,8,11-13,16,19,21H,6-7,9-10H2,1-3H3,(H,31,33)(H,32,40)/t16-,19-,21+/m0/s1. The molecule has 1 aromatic carbocycles. The first-order valence-electron chi connectivity index (χ1n) is 14.1. The molecular formula is C29H28FN9O4. The van der Waals surface area contributed by atoms with Crippen molar-refractivity contribution >= 4 is 39.1 Å². The molecule has 1 aliphatic heterocycles. The van der Waals surface area contributed by atoms with E-state index in [1.54, 1.807) is 35.6 Å². The number of amides is 1. The van der Waals surface area contributed by atoms with Crippen molar-refractivity contribution in [3.63, 3.8) is 0 Å². The van der Waals surface area contributed by atoms with E-state index in [0.29, 0.717) is 64.9 Å². The number of hydrogen-bond acceptors (Lipinski definition) is 7. The molecule has 3 atom stereocenters. The topological polar surface area (TPSA) is 139 Å². The van der Waals surface area contributed by atoms with Gasteiger partial charge >= 0.3 is 11.8 Å². The molecule has 1 aliphatic carbocycles. The summed E-state index contributed by atoms with van der Waals surface area (Å²) in [4.78, 5) is 34.3. The number of aryl methyl sites for hydroxylation is 2. The normalized spacial score (nSPS) is 20.0. The molecule has 2 N–H and O–H groups in total. The van der Waals surface area contributed by atoms with Crippen LogP contribution in [0.25, 0.3) is 55.4 Å². The number of H-pyrrole nitrogens is 1. The molecule has 6 heterocycles. The molecule has 5 bridgehead atoms. The molecule has 0 saturated heterocycles. The van der Waals surface area contributed by atoms with E-state index in [1.165, 1.54) is 11.8 Å². The Morgan fingerprint density at radius 3 is 2.86 bits per heavy atom. The average molecular weight is 586 g/mol. The summed E-state index contributed by atoms with van der Waals surface area (Å²) >= 11 is 0. The van der Waals surface area contributed by atoms with Crippen LogP contribution in [0.1, 0.15) is 18.9 Å². The zero-order chi connectivity index (χ0) is 29.6. The molecule has 2 aliphatic rings. The Labute approximate surface area is 242 Å². The molecule has 220 valence electrons. The van der Waals surface area contributed by atoms with Crippen LogP contribution in [0.4, 0.5) is 9.18 Å². The van der Waals surface area contributed by atoms with E-state index in [-0.39, 0.29) is 23.9 Å². The van der Waals surface area contributed by atoms with Crippen molar-refractivity contribution in [3.05, 3.63) is 53.2 Å². The van der Waals surface area contributed by atoms with Gasteiger partial charge in [0.1, 0.15) is 5.65 Å². The zero-order valence-electron chi connectivity index (χ0n) is 23.7. The number of benzene rings is 1. The molecule has 8 rings (SSSR count). The third-order valence-corrected chi connectivity index (χ3v) is 8.75. The molecule has 1 fully saturated rings. The largest absolute Gasteiger partial charge is 0.453 e. The zero-order valence-corrected chi connectivity index (χ0v) is 23.7. The van der Waals surface area contributed by atoms with Gasteiger partial charge in [-0.05, 0) is 30.5 Å². The van der Waals surface area contributed by atoms with E-state index in [0.717, 1.165) is 16.5 Å². The van der Waals surface area contributed by atoms with Gasteiger partial charge in [-0.15, -0.1) is 5.10 Å². The maximum atomic E-state index is 15.3. The van der Waals surface area contributed by atoms with Crippen LogP contribution in [-0.4, -0.2) is 70.6 Å². The highest BCUT2D eigenvalue weighted by molar-refractivity contribution is 6.14. The monoisotopic (exact) mass is 585 g/mol. The number of carbonyl (C=O) groups excluding carboxylic acids is 1. The predicted octanol–water partition coefficient (Wildman–Crippen LogP) is 3.23. The lowest BCUT2D eigenvalue weighted by molar-refractivity contribution is 0.0319. The summed E-state index contributed by atoms with van der Waals surface area (Å²) in [5.41, 5.74) is 4.73. The fourth-order valence-corrected chi connectivity index (χ4v) is 6.81. The van der Waals surface area contributed by atoms with Crippen molar-refractivity contribution in [1.29, 1.82) is 0 Å². The maximum Gasteiger partial charge on any atom is 0.407 e. The number of rotatable bonds is 2. The third-order valence-electron chi connectivity index (χ3n) is 8.75. The van der Waals surface area contributed by atoms with Gasteiger partial charge in [0, 0.05) is 43.5 Å². The Kier molecular flexibility index (Phi) is 5.54. The fourth-order valence-electron chi connectivity index (χ4n) is 6.81. The van der Waals surface area contributed by atoms with E-state index in [4.69, 9.17) is 19.6 Å². The lowest BCUT2D eigenvalue weighted by Gasteiger charge is -2.20. The molecule has 0 unspecified atom stereocenters. The number of alkyl carbamates (subject to hydrolysis) is 1. The van der Waals surface area contributed by atoms with E-state index in [2.05, 4.69) is 15.4 Å². The molecule has 14 heteroatoms. The number of fused-ring (bicyclic) bond motifs is 6. The fraction of sp³-hybridized carbons (Fsp3) is 0.345. The highest BCUT2D eigenvalue weighted by Crippen LogP contribution is 2.44. The van der Waals surface area contributed by atoms with E-state index in [9.17, 15) is 9.59 Å². The van der Waals surface area contributed by atoms with Crippen LogP contribution in [0.3, 0.4) is 0 Å². The average Bonchev–Trinajstić information content (AvgIpc) is 3.78. The number of nitrogens with zero attached hydrogens (tertiary/aromatic N) is 7. The van der Waals surface area contributed by atoms with Crippen LogP contribution in [-0.2, 0) is 30.1 Å². The van der Waals surface area contributed by atoms with Crippen LogP contribution >= 0.6 is 0 Å². The highest BCUT2D eigenvalue weighted by Gasteiger charge is 2.39. The van der Waals surface area contributed by atoms with Gasteiger partial charge in [-0.3, -0.25) is 18.5 Å². The number of carbonyl (C=O) groups is 1. The van der Waals surface area contributed by atoms with Crippen LogP contribution in [0.2, 0.25) is 0 Å². The van der Waals surface area contributed by atoms with Crippen LogP contribution in [0.15, 0.2) is 41.6 Å². The van der Waals surface area contributed by atoms with Gasteiger partial charge in [0.15, 0.2) is 0 Å². The molecule has 0 spiro atoms. The summed E-state index contributed by atoms with van der Waals surface area (Å²) in [6.07, 6.45) is 5.25. The Morgan fingerprint density at radius 1 is 1.21 bits per heavy atom. The van der Waals surface area contributed by atoms with Crippen molar-refractivity contribution in [2.45, 2.75) is 37.6 Å². The smallest absolute Gasteiger partial charge is 0.407 e. The lowest BCUT2D eigenvalue weighted by atomic mass is 9.98. The summed E-state index contributed by atoms with van der Waals surface area (Å²) in [6.45, 7) is 0.858. The van der Waals surface area contributed by atoms with Gasteiger partial charge in [0.2, 0.25) is 5.95 Å². The molecule has 6 aromatic rings. The van der Waals surface area contributed by atoms with Crippen LogP contribution < -0.4 is 11.0 Å². The summed E-state index contributed by atoms with van der Waals surface area (Å²) in [5, 5.41) is 13.2. The molecular weight excluding hydrogens is 557 g/mol. The quantitative estimate of drug-likeness (QED) is 0.318. The molecule has 1 amide bonds. The maximum absolute atomic E-state index is 15.3. The number of methoxy groups -OCH3 is 1. The third kappa shape index (κ3) is 3.82. The number of aromatic nitrogens is 8. The number of halogens is 1. The van der Waals surface area contributed by atoms with Gasteiger partial charge in [-0.2, -0.15) is 9.49 Å². The van der Waals surface area contributed by atoms with Gasteiger partial charge in [-0.1, -0.05) is 6.07 Å². The molecule has 13 nitrogen and oxygen atoms in total.